The highest BCUT2D eigenvalue weighted by molar-refractivity contribution is 6.27. The molecule has 48 heavy (non-hydrogen) atoms. The number of hydrogen-bond acceptors (Lipinski definition) is 3. The van der Waals surface area contributed by atoms with Gasteiger partial charge in [0.1, 0.15) is 12.3 Å². The van der Waals surface area contributed by atoms with Crippen LogP contribution in [-0.2, 0) is 16.8 Å². The van der Waals surface area contributed by atoms with Crippen molar-refractivity contribution >= 4 is 50.9 Å². The molecule has 6 heteroatoms. The number of carbonyl (C=O) groups excluding carboxylic acids is 1. The van der Waals surface area contributed by atoms with Gasteiger partial charge in [0.25, 0.3) is 0 Å². The van der Waals surface area contributed by atoms with E-state index in [0.29, 0.717) is 11.1 Å². The number of ketones is 1. The van der Waals surface area contributed by atoms with E-state index in [1.807, 2.05) is 18.2 Å². The number of aliphatic hydroxyl groups excluding tert-OH is 1. The van der Waals surface area contributed by atoms with Gasteiger partial charge in [-0.1, -0.05) is 89.1 Å². The standard InChI is InChI=1S/C42H48N2O4/c1-5-7-9-11-12-14-24-44-34-22-21-29(41(47)48)25-33(34)42(3,4)37(44)27-32-39(45)31(40(32)46)26-36-30-19-15-17-28-18-16-20-35(38(28)30)43(36)23-13-10-8-6-2/h15-22,25-27H,5-14,23-24H2,1-4H3,(H-,45,46,47,48)/p+1. The van der Waals surface area contributed by atoms with Crippen LogP contribution in [0.4, 0.5) is 5.69 Å². The number of fused-ring (bicyclic) bond motifs is 1. The average Bonchev–Trinajstić information content (AvgIpc) is 3.50. The number of hydrogen-bond donors (Lipinski definition) is 2. The first-order chi connectivity index (χ1) is 23.2. The lowest BCUT2D eigenvalue weighted by molar-refractivity contribution is -0.438. The summed E-state index contributed by atoms with van der Waals surface area (Å²) in [4.78, 5) is 25.8. The largest absolute Gasteiger partial charge is 0.506 e. The summed E-state index contributed by atoms with van der Waals surface area (Å²) in [6.45, 7) is 10.2. The molecule has 2 heterocycles. The van der Waals surface area contributed by atoms with Gasteiger partial charge in [-0.2, -0.15) is 4.58 Å². The SMILES string of the molecule is CCCCCCCC[N+]1=C(/C=C2\C(=O)C(/C=c3\c4cccc5cccc(c54)n3CCCCCC)=C2O)C(C)(C)c2cc(C(=O)O)ccc21. The van der Waals surface area contributed by atoms with E-state index in [1.54, 1.807) is 12.1 Å². The summed E-state index contributed by atoms with van der Waals surface area (Å²) >= 11 is 0. The molecule has 0 unspecified atom stereocenters. The lowest BCUT2D eigenvalue weighted by Crippen LogP contribution is -2.31. The Balaban J connectivity index is 1.41. The summed E-state index contributed by atoms with van der Waals surface area (Å²) in [7, 11) is 0. The summed E-state index contributed by atoms with van der Waals surface area (Å²) in [5.74, 6) is -1.11. The fourth-order valence-corrected chi connectivity index (χ4v) is 7.67. The van der Waals surface area contributed by atoms with Crippen LogP contribution < -0.4 is 5.35 Å². The second kappa shape index (κ2) is 14.0. The zero-order chi connectivity index (χ0) is 34.0. The van der Waals surface area contributed by atoms with Crippen LogP contribution in [0.25, 0.3) is 27.8 Å². The maximum Gasteiger partial charge on any atom is 0.335 e. The molecule has 0 saturated carbocycles. The zero-order valence-electron chi connectivity index (χ0n) is 28.9. The molecule has 6 rings (SSSR count). The first kappa shape index (κ1) is 33.5. The number of aromatic nitrogens is 1. The maximum absolute atomic E-state index is 13.9. The van der Waals surface area contributed by atoms with E-state index >= 15 is 0 Å². The summed E-state index contributed by atoms with van der Waals surface area (Å²) in [5, 5.41) is 25.7. The number of rotatable bonds is 15. The van der Waals surface area contributed by atoms with Crippen LogP contribution in [0.15, 0.2) is 77.6 Å². The Morgan fingerprint density at radius 1 is 0.875 bits per heavy atom. The molecular weight excluding hydrogens is 596 g/mol. The van der Waals surface area contributed by atoms with Crippen LogP contribution in [0.3, 0.4) is 0 Å². The van der Waals surface area contributed by atoms with Crippen molar-refractivity contribution in [3.8, 4) is 0 Å². The quantitative estimate of drug-likeness (QED) is 0.0767. The average molecular weight is 646 g/mol. The number of carboxylic acid groups (broad SMARTS) is 1. The number of carbonyl (C=O) groups is 2. The first-order valence-electron chi connectivity index (χ1n) is 17.9. The first-order valence-corrected chi connectivity index (χ1v) is 17.9. The van der Waals surface area contributed by atoms with E-state index in [4.69, 9.17) is 0 Å². The van der Waals surface area contributed by atoms with Gasteiger partial charge in [-0.25, -0.2) is 4.79 Å². The minimum absolute atomic E-state index is 0.0200. The van der Waals surface area contributed by atoms with E-state index in [-0.39, 0.29) is 17.1 Å². The highest BCUT2D eigenvalue weighted by atomic mass is 16.4. The van der Waals surface area contributed by atoms with Crippen LogP contribution in [0.5, 0.6) is 0 Å². The van der Waals surface area contributed by atoms with Gasteiger partial charge < -0.3 is 14.8 Å². The number of aliphatic hydroxyl groups is 1. The van der Waals surface area contributed by atoms with Crippen LogP contribution >= 0.6 is 0 Å². The Hall–Kier alpha value is -4.45. The van der Waals surface area contributed by atoms with Crippen LogP contribution in [0, 0.1) is 0 Å². The number of carboxylic acids is 1. The summed E-state index contributed by atoms with van der Waals surface area (Å²) in [5.41, 5.74) is 4.30. The van der Waals surface area contributed by atoms with Gasteiger partial charge in [-0.05, 0) is 56.4 Å². The Morgan fingerprint density at radius 3 is 2.27 bits per heavy atom. The summed E-state index contributed by atoms with van der Waals surface area (Å²) in [6, 6.07) is 18.0. The van der Waals surface area contributed by atoms with E-state index in [0.717, 1.165) is 72.0 Å². The second-order valence-corrected chi connectivity index (χ2v) is 14.0. The van der Waals surface area contributed by atoms with Gasteiger partial charge >= 0.3 is 5.97 Å². The number of nitrogens with zero attached hydrogens (tertiary/aromatic N) is 2. The highest BCUT2D eigenvalue weighted by Gasteiger charge is 2.46. The number of Topliss-reactive ketones (excluding diaryl/α,β-unsaturated/α-hetero) is 1. The van der Waals surface area contributed by atoms with E-state index in [9.17, 15) is 19.8 Å². The molecule has 250 valence electrons. The van der Waals surface area contributed by atoms with Crippen molar-refractivity contribution in [2.75, 3.05) is 6.54 Å². The van der Waals surface area contributed by atoms with E-state index < -0.39 is 11.4 Å². The van der Waals surface area contributed by atoms with Crippen LogP contribution in [0.1, 0.15) is 108 Å². The fourth-order valence-electron chi connectivity index (χ4n) is 7.67. The van der Waals surface area contributed by atoms with Crippen LogP contribution in [0.2, 0.25) is 0 Å². The van der Waals surface area contributed by atoms with Gasteiger partial charge in [-0.15, -0.1) is 0 Å². The minimum atomic E-state index is -0.959. The lowest BCUT2D eigenvalue weighted by atomic mass is 9.78. The Bertz CT molecular complexity index is 2030. The molecule has 3 aromatic carbocycles. The van der Waals surface area contributed by atoms with Crippen molar-refractivity contribution in [2.45, 2.75) is 104 Å². The Morgan fingerprint density at radius 2 is 1.56 bits per heavy atom. The molecule has 4 aromatic rings. The van der Waals surface area contributed by atoms with Gasteiger partial charge in [0, 0.05) is 52.3 Å². The molecule has 0 spiro atoms. The van der Waals surface area contributed by atoms with E-state index in [1.165, 1.54) is 49.3 Å². The topological polar surface area (TPSA) is 82.5 Å². The number of aryl methyl sites for hydroxylation is 1. The lowest BCUT2D eigenvalue weighted by Gasteiger charge is -2.21. The summed E-state index contributed by atoms with van der Waals surface area (Å²) in [6.07, 6.45) is 15.2. The van der Waals surface area contributed by atoms with Crippen LogP contribution in [-0.4, -0.2) is 43.4 Å². The molecule has 0 atom stereocenters. The maximum atomic E-state index is 13.9. The molecule has 0 radical (unpaired) electrons. The molecule has 0 amide bonds. The predicted molar refractivity (Wildman–Crippen MR) is 196 cm³/mol. The molecule has 1 aliphatic carbocycles. The third kappa shape index (κ3) is 6.02. The smallest absolute Gasteiger partial charge is 0.335 e. The molecule has 0 saturated heterocycles. The van der Waals surface area contributed by atoms with Gasteiger partial charge in [0.2, 0.25) is 11.5 Å². The van der Waals surface area contributed by atoms with Gasteiger partial charge in [0.15, 0.2) is 5.71 Å². The van der Waals surface area contributed by atoms with Crippen molar-refractivity contribution in [1.82, 2.24) is 4.57 Å². The number of allylic oxidation sites excluding steroid dienone is 3. The number of aromatic carboxylic acids is 1. The molecule has 2 aliphatic rings. The normalized spacial score (nSPS) is 17.0. The second-order valence-electron chi connectivity index (χ2n) is 14.0. The van der Waals surface area contributed by atoms with Gasteiger partial charge in [-0.3, -0.25) is 4.79 Å². The molecule has 2 N–H and O–H groups in total. The Labute approximate surface area is 283 Å². The number of benzene rings is 3. The molecule has 6 nitrogen and oxygen atoms in total. The molecule has 1 aliphatic heterocycles. The minimum Gasteiger partial charge on any atom is -0.506 e. The van der Waals surface area contributed by atoms with Crippen molar-refractivity contribution in [3.63, 3.8) is 0 Å². The highest BCUT2D eigenvalue weighted by Crippen LogP contribution is 2.42. The number of unbranched alkanes of at least 4 members (excludes halogenated alkanes) is 8. The molecular formula is C42H49N2O4+. The third-order valence-corrected chi connectivity index (χ3v) is 10.4. The predicted octanol–water partition coefficient (Wildman–Crippen LogP) is 9.33. The summed E-state index contributed by atoms with van der Waals surface area (Å²) < 4.78 is 4.55. The van der Waals surface area contributed by atoms with Crippen molar-refractivity contribution in [1.29, 1.82) is 0 Å². The third-order valence-electron chi connectivity index (χ3n) is 10.4. The zero-order valence-corrected chi connectivity index (χ0v) is 28.9. The van der Waals surface area contributed by atoms with E-state index in [2.05, 4.69) is 73.2 Å². The monoisotopic (exact) mass is 645 g/mol. The molecule has 1 aromatic heterocycles. The molecule has 0 bridgehead atoms. The van der Waals surface area contributed by atoms with Crippen molar-refractivity contribution in [2.24, 2.45) is 0 Å². The fraction of sp³-hybridized carbons (Fsp3) is 0.405. The van der Waals surface area contributed by atoms with Gasteiger partial charge in [0.05, 0.1) is 22.1 Å². The van der Waals surface area contributed by atoms with Crippen molar-refractivity contribution in [3.05, 3.63) is 94.1 Å². The Kier molecular flexibility index (Phi) is 9.73. The molecule has 0 fully saturated rings. The van der Waals surface area contributed by atoms with Crippen molar-refractivity contribution < 1.29 is 24.4 Å².